The lowest BCUT2D eigenvalue weighted by Crippen LogP contribution is -2.07. The van der Waals surface area contributed by atoms with Gasteiger partial charge in [-0.2, -0.15) is 18.2 Å². The van der Waals surface area contributed by atoms with Crippen LogP contribution >= 0.6 is 11.6 Å². The zero-order valence-corrected chi connectivity index (χ0v) is 17.6. The molecule has 0 aliphatic carbocycles. The first-order valence-corrected chi connectivity index (χ1v) is 10.1. The van der Waals surface area contributed by atoms with Gasteiger partial charge in [0.2, 0.25) is 12.2 Å². The predicted octanol–water partition coefficient (Wildman–Crippen LogP) is 5.56. The lowest BCUT2D eigenvalue weighted by Gasteiger charge is -2.13. The zero-order chi connectivity index (χ0) is 23.0. The van der Waals surface area contributed by atoms with Crippen LogP contribution in [0.2, 0.25) is 5.02 Å². The highest BCUT2D eigenvalue weighted by atomic mass is 35.5. The van der Waals surface area contributed by atoms with Gasteiger partial charge in [-0.15, -0.1) is 0 Å². The van der Waals surface area contributed by atoms with Crippen LogP contribution in [0.3, 0.4) is 0 Å². The van der Waals surface area contributed by atoms with Crippen LogP contribution in [0.25, 0.3) is 0 Å². The maximum Gasteiger partial charge on any atom is 0.446 e. The summed E-state index contributed by atoms with van der Waals surface area (Å²) in [5.41, 5.74) is 3.30. The van der Waals surface area contributed by atoms with Crippen LogP contribution < -0.4 is 15.4 Å². The number of nitrogens with zero attached hydrogens (tertiary/aromatic N) is 2. The van der Waals surface area contributed by atoms with Gasteiger partial charge in [0.1, 0.15) is 10.8 Å². The van der Waals surface area contributed by atoms with Crippen molar-refractivity contribution in [3.8, 4) is 5.75 Å². The first-order valence-electron chi connectivity index (χ1n) is 9.69. The van der Waals surface area contributed by atoms with Crippen molar-refractivity contribution in [2.45, 2.75) is 25.6 Å². The summed E-state index contributed by atoms with van der Waals surface area (Å²) in [6.45, 7) is 1.28. The van der Waals surface area contributed by atoms with Crippen LogP contribution in [0.1, 0.15) is 17.5 Å². The van der Waals surface area contributed by atoms with Gasteiger partial charge in [0.15, 0.2) is 5.82 Å². The third-order valence-electron chi connectivity index (χ3n) is 4.30. The van der Waals surface area contributed by atoms with Crippen molar-refractivity contribution in [2.24, 2.45) is 0 Å². The van der Waals surface area contributed by atoms with E-state index < -0.39 is 12.5 Å². The molecule has 2 aromatic carbocycles. The lowest BCUT2D eigenvalue weighted by molar-refractivity contribution is -0.156. The molecule has 0 spiro atoms. The Balaban J connectivity index is 0.000000427. The van der Waals surface area contributed by atoms with E-state index in [0.29, 0.717) is 29.9 Å². The standard InChI is InChI=1S/C20H19ClN4O.C2HF3O/c21-18-13-23-20-24-16-7-1-4-14(10-16)6-3-9-26-17-8-2-5-15(11-17)12-22-19(18)25-20;3-2(4,5)1-6/h1-2,4-5,7-8,10-11,13H,3,6,9,12H2,(H2,22,23,24,25);1H. The number of carbonyl (C=O) groups is 1. The van der Waals surface area contributed by atoms with Crippen molar-refractivity contribution >= 4 is 35.3 Å². The second-order valence-electron chi connectivity index (χ2n) is 6.83. The van der Waals surface area contributed by atoms with E-state index in [0.717, 1.165) is 29.8 Å². The second kappa shape index (κ2) is 10.8. The number of rotatable bonds is 0. The summed E-state index contributed by atoms with van der Waals surface area (Å²) in [4.78, 5) is 17.5. The third kappa shape index (κ3) is 7.42. The fraction of sp³-hybridized carbons (Fsp3) is 0.227. The highest BCUT2D eigenvalue weighted by Crippen LogP contribution is 2.24. The Morgan fingerprint density at radius 2 is 1.84 bits per heavy atom. The molecule has 0 fully saturated rings. The second-order valence-corrected chi connectivity index (χ2v) is 7.24. The van der Waals surface area contributed by atoms with Crippen molar-refractivity contribution in [1.29, 1.82) is 0 Å². The third-order valence-corrected chi connectivity index (χ3v) is 4.57. The van der Waals surface area contributed by atoms with E-state index in [2.05, 4.69) is 32.7 Å². The number of nitrogens with one attached hydrogen (secondary N) is 2. The smallest absolute Gasteiger partial charge is 0.446 e. The number of hydrogen-bond donors (Lipinski definition) is 2. The number of alkyl halides is 3. The van der Waals surface area contributed by atoms with E-state index in [1.54, 1.807) is 6.20 Å². The molecular weight excluding hydrogens is 445 g/mol. The number of benzene rings is 2. The van der Waals surface area contributed by atoms with Gasteiger partial charge in [-0.05, 0) is 48.2 Å². The monoisotopic (exact) mass is 464 g/mol. The predicted molar refractivity (Wildman–Crippen MR) is 116 cm³/mol. The van der Waals surface area contributed by atoms with Gasteiger partial charge in [0, 0.05) is 12.2 Å². The molecule has 10 heteroatoms. The molecule has 6 nitrogen and oxygen atoms in total. The maximum atomic E-state index is 10.4. The van der Waals surface area contributed by atoms with E-state index in [1.807, 2.05) is 36.4 Å². The number of ether oxygens (including phenoxy) is 1. The summed E-state index contributed by atoms with van der Waals surface area (Å²) >= 11 is 6.24. The quantitative estimate of drug-likeness (QED) is 0.424. The molecule has 0 radical (unpaired) electrons. The van der Waals surface area contributed by atoms with Crippen LogP contribution in [0.5, 0.6) is 5.75 Å². The molecule has 168 valence electrons. The van der Waals surface area contributed by atoms with Gasteiger partial charge in [0.25, 0.3) is 0 Å². The van der Waals surface area contributed by atoms with Crippen molar-refractivity contribution in [1.82, 2.24) is 9.97 Å². The number of aryl methyl sites for hydroxylation is 1. The largest absolute Gasteiger partial charge is 0.494 e. The maximum absolute atomic E-state index is 10.4. The molecule has 1 aliphatic rings. The number of carbonyl (C=O) groups excluding carboxylic acids is 1. The van der Waals surface area contributed by atoms with Crippen molar-refractivity contribution in [3.63, 3.8) is 0 Å². The fourth-order valence-electron chi connectivity index (χ4n) is 2.88. The van der Waals surface area contributed by atoms with Crippen LogP contribution in [-0.4, -0.2) is 29.0 Å². The number of aldehydes is 1. The molecule has 0 atom stereocenters. The molecule has 0 unspecified atom stereocenters. The molecule has 4 rings (SSSR count). The van der Waals surface area contributed by atoms with Gasteiger partial charge >= 0.3 is 6.18 Å². The van der Waals surface area contributed by atoms with Crippen LogP contribution in [0, 0.1) is 0 Å². The highest BCUT2D eigenvalue weighted by Gasteiger charge is 2.24. The Morgan fingerprint density at radius 3 is 2.62 bits per heavy atom. The lowest BCUT2D eigenvalue weighted by atomic mass is 10.1. The summed E-state index contributed by atoms with van der Waals surface area (Å²) in [6.07, 6.45) is -2.20. The molecule has 2 N–H and O–H groups in total. The average Bonchev–Trinajstić information content (AvgIpc) is 2.77. The minimum Gasteiger partial charge on any atom is -0.494 e. The summed E-state index contributed by atoms with van der Waals surface area (Å²) in [6, 6.07) is 16.3. The SMILES string of the molecule is Clc1cnc2nc1NCc1cccc(c1)OCCCc1cccc(c1)N2.O=CC(F)(F)F. The molecule has 1 aliphatic heterocycles. The first-order chi connectivity index (χ1) is 15.3. The van der Waals surface area contributed by atoms with Crippen LogP contribution in [0.4, 0.5) is 30.6 Å². The number of fused-ring (bicyclic) bond motifs is 6. The number of aromatic nitrogens is 2. The van der Waals surface area contributed by atoms with E-state index in [4.69, 9.17) is 21.1 Å². The normalized spacial score (nSPS) is 13.4. The number of hydrogen-bond acceptors (Lipinski definition) is 6. The van der Waals surface area contributed by atoms with E-state index >= 15 is 0 Å². The van der Waals surface area contributed by atoms with Crippen molar-refractivity contribution in [2.75, 3.05) is 17.2 Å². The summed E-state index contributed by atoms with van der Waals surface area (Å²) < 4.78 is 37.1. The zero-order valence-electron chi connectivity index (χ0n) is 16.8. The van der Waals surface area contributed by atoms with Gasteiger partial charge < -0.3 is 15.4 Å². The molecule has 2 heterocycles. The Morgan fingerprint density at radius 1 is 1.09 bits per heavy atom. The molecule has 3 aromatic rings. The summed E-state index contributed by atoms with van der Waals surface area (Å²) in [5, 5.41) is 7.00. The molecule has 32 heavy (non-hydrogen) atoms. The average molecular weight is 465 g/mol. The van der Waals surface area contributed by atoms with Gasteiger partial charge in [-0.25, -0.2) is 4.98 Å². The molecular formula is C22H20ClF3N4O2. The van der Waals surface area contributed by atoms with E-state index in [-0.39, 0.29) is 0 Å². The Bertz CT molecular complexity index is 1060. The topological polar surface area (TPSA) is 76.1 Å². The summed E-state index contributed by atoms with van der Waals surface area (Å²) in [7, 11) is 0. The molecule has 1 aromatic heterocycles. The Hall–Kier alpha value is -3.33. The first kappa shape index (κ1) is 23.3. The minimum absolute atomic E-state index is 0.484. The van der Waals surface area contributed by atoms with E-state index in [1.165, 1.54) is 5.56 Å². The fourth-order valence-corrected chi connectivity index (χ4v) is 3.04. The minimum atomic E-state index is -4.64. The number of anilines is 3. The van der Waals surface area contributed by atoms with Gasteiger partial charge in [-0.1, -0.05) is 35.9 Å². The highest BCUT2D eigenvalue weighted by molar-refractivity contribution is 6.32. The van der Waals surface area contributed by atoms with Crippen molar-refractivity contribution in [3.05, 3.63) is 70.9 Å². The number of halogens is 4. The molecule has 0 saturated carbocycles. The molecule has 0 saturated heterocycles. The van der Waals surface area contributed by atoms with Crippen molar-refractivity contribution < 1.29 is 22.7 Å². The van der Waals surface area contributed by atoms with E-state index in [9.17, 15) is 13.2 Å². The Kier molecular flexibility index (Phi) is 7.88. The van der Waals surface area contributed by atoms with Crippen LogP contribution in [-0.2, 0) is 17.8 Å². The molecule has 0 amide bonds. The van der Waals surface area contributed by atoms with Crippen LogP contribution in [0.15, 0.2) is 54.7 Å². The van der Waals surface area contributed by atoms with Gasteiger partial charge in [0.05, 0.1) is 12.8 Å². The summed E-state index contributed by atoms with van der Waals surface area (Å²) in [5.74, 6) is 1.98. The molecule has 6 bridgehead atoms. The van der Waals surface area contributed by atoms with Gasteiger partial charge in [-0.3, -0.25) is 4.79 Å². The Labute approximate surface area is 187 Å².